The fourth-order valence-corrected chi connectivity index (χ4v) is 2.55. The third-order valence-corrected chi connectivity index (χ3v) is 3.49. The molecule has 1 rings (SSSR count). The molecule has 17 heavy (non-hydrogen) atoms. The number of rotatable bonds is 3. The quantitative estimate of drug-likeness (QED) is 0.849. The highest BCUT2D eigenvalue weighted by atomic mass is 79.9. The van der Waals surface area contributed by atoms with E-state index in [1.165, 1.54) is 0 Å². The molecule has 0 saturated carbocycles. The largest absolute Gasteiger partial charge is 0.352 e. The third kappa shape index (κ3) is 5.21. The minimum atomic E-state index is -0.0337. The Hall–Kier alpha value is -0.350. The summed E-state index contributed by atoms with van der Waals surface area (Å²) in [6, 6.07) is 5.54. The molecular formula is C13H17Br2NO. The molecule has 1 aromatic carbocycles. The van der Waals surface area contributed by atoms with E-state index in [0.717, 1.165) is 15.4 Å². The van der Waals surface area contributed by atoms with Gasteiger partial charge in [0.05, 0.1) is 5.56 Å². The van der Waals surface area contributed by atoms with E-state index < -0.39 is 0 Å². The summed E-state index contributed by atoms with van der Waals surface area (Å²) >= 11 is 6.75. The van der Waals surface area contributed by atoms with Crippen molar-refractivity contribution in [3.63, 3.8) is 0 Å². The fraction of sp³-hybridized carbons (Fsp3) is 0.462. The standard InChI is InChI=1S/C13H17Br2NO/c1-13(2,3)6-7-16-12(17)10-5-4-9(14)8-11(10)15/h4-5,8H,6-7H2,1-3H3,(H,16,17). The zero-order valence-corrected chi connectivity index (χ0v) is 13.5. The molecule has 0 bridgehead atoms. The van der Waals surface area contributed by atoms with Crippen molar-refractivity contribution >= 4 is 37.8 Å². The van der Waals surface area contributed by atoms with Crippen LogP contribution in [0.5, 0.6) is 0 Å². The summed E-state index contributed by atoms with van der Waals surface area (Å²) in [4.78, 5) is 11.9. The SMILES string of the molecule is CC(C)(C)CCNC(=O)c1ccc(Br)cc1Br. The number of carbonyl (C=O) groups excluding carboxylic acids is 1. The molecule has 0 saturated heterocycles. The van der Waals surface area contributed by atoms with Crippen molar-refractivity contribution in [3.05, 3.63) is 32.7 Å². The van der Waals surface area contributed by atoms with Crippen molar-refractivity contribution in [2.45, 2.75) is 27.2 Å². The van der Waals surface area contributed by atoms with Crippen molar-refractivity contribution in [1.82, 2.24) is 5.32 Å². The second kappa shape index (κ2) is 6.01. The van der Waals surface area contributed by atoms with E-state index in [0.29, 0.717) is 12.1 Å². The molecule has 2 nitrogen and oxygen atoms in total. The van der Waals surface area contributed by atoms with Gasteiger partial charge in [-0.1, -0.05) is 36.7 Å². The summed E-state index contributed by atoms with van der Waals surface area (Å²) in [7, 11) is 0. The van der Waals surface area contributed by atoms with Gasteiger partial charge in [-0.05, 0) is 46.0 Å². The summed E-state index contributed by atoms with van der Waals surface area (Å²) in [6.07, 6.45) is 0.965. The van der Waals surface area contributed by atoms with Gasteiger partial charge in [0, 0.05) is 15.5 Å². The van der Waals surface area contributed by atoms with Crippen LogP contribution in [0.1, 0.15) is 37.6 Å². The summed E-state index contributed by atoms with van der Waals surface area (Å²) in [5.74, 6) is -0.0337. The van der Waals surface area contributed by atoms with E-state index >= 15 is 0 Å². The zero-order chi connectivity index (χ0) is 13.1. The number of halogens is 2. The van der Waals surface area contributed by atoms with Crippen LogP contribution in [0.2, 0.25) is 0 Å². The first-order valence-corrected chi connectivity index (χ1v) is 7.11. The number of hydrogen-bond donors (Lipinski definition) is 1. The maximum absolute atomic E-state index is 11.9. The number of carbonyl (C=O) groups is 1. The lowest BCUT2D eigenvalue weighted by Crippen LogP contribution is -2.27. The van der Waals surface area contributed by atoms with Gasteiger partial charge >= 0.3 is 0 Å². The lowest BCUT2D eigenvalue weighted by atomic mass is 9.92. The number of amides is 1. The molecule has 1 N–H and O–H groups in total. The monoisotopic (exact) mass is 361 g/mol. The highest BCUT2D eigenvalue weighted by molar-refractivity contribution is 9.11. The molecule has 0 aliphatic heterocycles. The molecule has 0 atom stereocenters. The summed E-state index contributed by atoms with van der Waals surface area (Å²) in [5.41, 5.74) is 0.909. The van der Waals surface area contributed by atoms with Gasteiger partial charge in [0.15, 0.2) is 0 Å². The van der Waals surface area contributed by atoms with E-state index in [1.54, 1.807) is 6.07 Å². The van der Waals surface area contributed by atoms with Gasteiger partial charge in [0.1, 0.15) is 0 Å². The van der Waals surface area contributed by atoms with Gasteiger partial charge in [-0.3, -0.25) is 4.79 Å². The Kier molecular flexibility index (Phi) is 5.20. The molecule has 0 fully saturated rings. The van der Waals surface area contributed by atoms with Crippen molar-refractivity contribution in [2.24, 2.45) is 5.41 Å². The predicted molar refractivity (Wildman–Crippen MR) is 78.2 cm³/mol. The number of benzene rings is 1. The summed E-state index contributed by atoms with van der Waals surface area (Å²) in [6.45, 7) is 7.18. The van der Waals surface area contributed by atoms with Gasteiger partial charge in [0.2, 0.25) is 0 Å². The number of hydrogen-bond acceptors (Lipinski definition) is 1. The van der Waals surface area contributed by atoms with Crippen molar-refractivity contribution in [3.8, 4) is 0 Å². The van der Waals surface area contributed by atoms with Crippen molar-refractivity contribution in [1.29, 1.82) is 0 Å². The molecule has 0 heterocycles. The molecule has 0 aliphatic carbocycles. The van der Waals surface area contributed by atoms with Crippen LogP contribution >= 0.6 is 31.9 Å². The maximum Gasteiger partial charge on any atom is 0.252 e. The first kappa shape index (κ1) is 14.7. The van der Waals surface area contributed by atoms with E-state index in [2.05, 4.69) is 57.9 Å². The molecule has 4 heteroatoms. The average Bonchev–Trinajstić information content (AvgIpc) is 2.15. The Morgan fingerprint density at radius 1 is 1.29 bits per heavy atom. The lowest BCUT2D eigenvalue weighted by molar-refractivity contribution is 0.0949. The second-order valence-corrected chi connectivity index (χ2v) is 6.96. The van der Waals surface area contributed by atoms with Crippen LogP contribution in [0.4, 0.5) is 0 Å². The molecule has 0 aliphatic rings. The van der Waals surface area contributed by atoms with Crippen LogP contribution in [-0.4, -0.2) is 12.5 Å². The minimum absolute atomic E-state index is 0.0337. The van der Waals surface area contributed by atoms with Gasteiger partial charge in [-0.25, -0.2) is 0 Å². The second-order valence-electron chi connectivity index (χ2n) is 5.19. The van der Waals surface area contributed by atoms with Crippen LogP contribution < -0.4 is 5.32 Å². The molecule has 0 unspecified atom stereocenters. The Labute approximate surface area is 119 Å². The van der Waals surface area contributed by atoms with Gasteiger partial charge < -0.3 is 5.32 Å². The van der Waals surface area contributed by atoms with Gasteiger partial charge in [-0.2, -0.15) is 0 Å². The topological polar surface area (TPSA) is 29.1 Å². The highest BCUT2D eigenvalue weighted by Crippen LogP contribution is 2.22. The predicted octanol–water partition coefficient (Wildman–Crippen LogP) is 4.38. The smallest absolute Gasteiger partial charge is 0.252 e. The van der Waals surface area contributed by atoms with E-state index in [4.69, 9.17) is 0 Å². The Morgan fingerprint density at radius 2 is 1.94 bits per heavy atom. The summed E-state index contributed by atoms with van der Waals surface area (Å²) < 4.78 is 1.76. The molecule has 1 amide bonds. The fourth-order valence-electron chi connectivity index (χ4n) is 1.32. The Morgan fingerprint density at radius 3 is 2.47 bits per heavy atom. The maximum atomic E-state index is 11.9. The van der Waals surface area contributed by atoms with Crippen molar-refractivity contribution in [2.75, 3.05) is 6.54 Å². The molecule has 0 radical (unpaired) electrons. The normalized spacial score (nSPS) is 11.4. The van der Waals surface area contributed by atoms with Crippen LogP contribution in [0.15, 0.2) is 27.1 Å². The first-order valence-electron chi connectivity index (χ1n) is 5.53. The van der Waals surface area contributed by atoms with Gasteiger partial charge in [-0.15, -0.1) is 0 Å². The first-order chi connectivity index (χ1) is 7.79. The van der Waals surface area contributed by atoms with E-state index in [1.807, 2.05) is 12.1 Å². The lowest BCUT2D eigenvalue weighted by Gasteiger charge is -2.18. The Bertz CT molecular complexity index is 410. The molecule has 0 aromatic heterocycles. The molecular weight excluding hydrogens is 346 g/mol. The van der Waals surface area contributed by atoms with Crippen LogP contribution in [0.25, 0.3) is 0 Å². The van der Waals surface area contributed by atoms with Crippen molar-refractivity contribution < 1.29 is 4.79 Å². The molecule has 94 valence electrons. The van der Waals surface area contributed by atoms with Gasteiger partial charge in [0.25, 0.3) is 5.91 Å². The number of nitrogens with one attached hydrogen (secondary N) is 1. The van der Waals surface area contributed by atoms with Crippen LogP contribution in [0.3, 0.4) is 0 Å². The third-order valence-electron chi connectivity index (χ3n) is 2.34. The summed E-state index contributed by atoms with van der Waals surface area (Å²) in [5, 5.41) is 2.93. The molecule has 0 spiro atoms. The van der Waals surface area contributed by atoms with E-state index in [-0.39, 0.29) is 11.3 Å². The minimum Gasteiger partial charge on any atom is -0.352 e. The average molecular weight is 363 g/mol. The zero-order valence-electron chi connectivity index (χ0n) is 10.3. The highest BCUT2D eigenvalue weighted by Gasteiger charge is 2.13. The van der Waals surface area contributed by atoms with Crippen LogP contribution in [0, 0.1) is 5.41 Å². The van der Waals surface area contributed by atoms with Crippen LogP contribution in [-0.2, 0) is 0 Å². The Balaban J connectivity index is 2.59. The van der Waals surface area contributed by atoms with E-state index in [9.17, 15) is 4.79 Å². The molecule has 1 aromatic rings.